The highest BCUT2D eigenvalue weighted by Crippen LogP contribution is 2.25. The second kappa shape index (κ2) is 4.29. The number of rotatable bonds is 4. The van der Waals surface area contributed by atoms with Crippen molar-refractivity contribution in [2.24, 2.45) is 0 Å². The number of nitrogens with one attached hydrogen (secondary N) is 1. The summed E-state index contributed by atoms with van der Waals surface area (Å²) in [6.45, 7) is 2.82. The fourth-order valence-corrected chi connectivity index (χ4v) is 1.16. The first-order valence-corrected chi connectivity index (χ1v) is 4.65. The number of anilines is 1. The van der Waals surface area contributed by atoms with Crippen LogP contribution in [0.3, 0.4) is 0 Å². The molecule has 0 radical (unpaired) electrons. The first-order valence-electron chi connectivity index (χ1n) is 4.65. The number of halogens is 1. The molecule has 0 unspecified atom stereocenters. The summed E-state index contributed by atoms with van der Waals surface area (Å²) in [7, 11) is 0. The van der Waals surface area contributed by atoms with Gasteiger partial charge in [-0.15, -0.1) is 0 Å². The van der Waals surface area contributed by atoms with Gasteiger partial charge in [-0.1, -0.05) is 12.1 Å². The maximum Gasteiger partial charge on any atom is 0.322 e. The number of hydrogen-bond donors (Lipinski definition) is 2. The fraction of sp³-hybridized carbons (Fsp3) is 0.364. The predicted octanol–water partition coefficient (Wildman–Crippen LogP) is 2.39. The van der Waals surface area contributed by atoms with E-state index in [1.807, 2.05) is 0 Å². The summed E-state index contributed by atoms with van der Waals surface area (Å²) in [5.41, 5.74) is -0.125. The minimum atomic E-state index is -1.37. The topological polar surface area (TPSA) is 49.3 Å². The summed E-state index contributed by atoms with van der Waals surface area (Å²) >= 11 is 0. The van der Waals surface area contributed by atoms with E-state index in [9.17, 15) is 9.18 Å². The van der Waals surface area contributed by atoms with Crippen LogP contribution in [0.25, 0.3) is 0 Å². The van der Waals surface area contributed by atoms with Crippen molar-refractivity contribution in [3.05, 3.63) is 29.8 Å². The Morgan fingerprint density at radius 1 is 1.40 bits per heavy atom. The highest BCUT2D eigenvalue weighted by molar-refractivity contribution is 5.72. The van der Waals surface area contributed by atoms with Gasteiger partial charge in [0.15, 0.2) is 0 Å². The molecule has 0 saturated carbocycles. The Kier molecular flexibility index (Phi) is 3.29. The molecular formula is C11H14FNO2. The minimum Gasteiger partial charge on any atom is -0.480 e. The van der Waals surface area contributed by atoms with Crippen molar-refractivity contribution < 1.29 is 14.3 Å². The van der Waals surface area contributed by atoms with Crippen molar-refractivity contribution in [1.29, 1.82) is 0 Å². The van der Waals surface area contributed by atoms with Crippen molar-refractivity contribution in [1.82, 2.24) is 0 Å². The van der Waals surface area contributed by atoms with Crippen LogP contribution >= 0.6 is 0 Å². The van der Waals surface area contributed by atoms with Crippen LogP contribution in [0.5, 0.6) is 0 Å². The lowest BCUT2D eigenvalue weighted by molar-refractivity contribution is -0.134. The number of carboxylic acids is 1. The lowest BCUT2D eigenvalue weighted by Crippen LogP contribution is -2.13. The minimum absolute atomic E-state index is 0.141. The van der Waals surface area contributed by atoms with Crippen LogP contribution in [-0.4, -0.2) is 17.6 Å². The molecular weight excluding hydrogens is 197 g/mol. The molecule has 0 spiro atoms. The Balaban J connectivity index is 2.69. The van der Waals surface area contributed by atoms with E-state index in [-0.39, 0.29) is 6.54 Å². The van der Waals surface area contributed by atoms with Gasteiger partial charge < -0.3 is 10.4 Å². The highest BCUT2D eigenvalue weighted by Gasteiger charge is 2.17. The molecule has 0 atom stereocenters. The van der Waals surface area contributed by atoms with E-state index in [1.54, 1.807) is 24.3 Å². The second-order valence-electron chi connectivity index (χ2n) is 3.80. The number of carbonyl (C=O) groups is 1. The average Bonchev–Trinajstić information content (AvgIpc) is 2.14. The van der Waals surface area contributed by atoms with Crippen LogP contribution in [0.15, 0.2) is 24.3 Å². The Morgan fingerprint density at radius 3 is 2.33 bits per heavy atom. The Morgan fingerprint density at radius 2 is 1.93 bits per heavy atom. The quantitative estimate of drug-likeness (QED) is 0.803. The first kappa shape index (κ1) is 11.5. The molecule has 0 saturated heterocycles. The standard InChI is InChI=1S/C11H14FNO2/c1-11(2,12)8-3-5-9(6-4-8)13-7-10(14)15/h3-6,13H,7H2,1-2H3,(H,14,15). The van der Waals surface area contributed by atoms with Gasteiger partial charge in [-0.25, -0.2) is 4.39 Å². The van der Waals surface area contributed by atoms with Crippen LogP contribution in [0.2, 0.25) is 0 Å². The van der Waals surface area contributed by atoms with Gasteiger partial charge in [0.2, 0.25) is 0 Å². The number of benzene rings is 1. The van der Waals surface area contributed by atoms with Gasteiger partial charge in [-0.2, -0.15) is 0 Å². The van der Waals surface area contributed by atoms with Gasteiger partial charge in [0, 0.05) is 5.69 Å². The van der Waals surface area contributed by atoms with E-state index in [2.05, 4.69) is 5.32 Å². The zero-order valence-electron chi connectivity index (χ0n) is 8.75. The van der Waals surface area contributed by atoms with Crippen LogP contribution in [0, 0.1) is 0 Å². The zero-order chi connectivity index (χ0) is 11.5. The van der Waals surface area contributed by atoms with Gasteiger partial charge in [-0.05, 0) is 31.5 Å². The molecule has 0 aliphatic carbocycles. The predicted molar refractivity (Wildman–Crippen MR) is 56.7 cm³/mol. The number of carboxylic acid groups (broad SMARTS) is 1. The molecule has 0 fully saturated rings. The highest BCUT2D eigenvalue weighted by atomic mass is 19.1. The molecule has 1 aromatic carbocycles. The van der Waals surface area contributed by atoms with Crippen molar-refractivity contribution in [2.75, 3.05) is 11.9 Å². The third-order valence-corrected chi connectivity index (χ3v) is 2.02. The monoisotopic (exact) mass is 211 g/mol. The van der Waals surface area contributed by atoms with Crippen molar-refractivity contribution in [3.63, 3.8) is 0 Å². The molecule has 0 aromatic heterocycles. The largest absolute Gasteiger partial charge is 0.480 e. The van der Waals surface area contributed by atoms with E-state index < -0.39 is 11.6 Å². The normalized spacial score (nSPS) is 11.1. The lowest BCUT2D eigenvalue weighted by atomic mass is 10.0. The Hall–Kier alpha value is -1.58. The summed E-state index contributed by atoms with van der Waals surface area (Å²) < 4.78 is 13.5. The van der Waals surface area contributed by atoms with E-state index in [4.69, 9.17) is 5.11 Å². The van der Waals surface area contributed by atoms with Gasteiger partial charge in [0.05, 0.1) is 0 Å². The smallest absolute Gasteiger partial charge is 0.322 e. The van der Waals surface area contributed by atoms with Crippen LogP contribution in [0.1, 0.15) is 19.4 Å². The van der Waals surface area contributed by atoms with Gasteiger partial charge in [0.1, 0.15) is 12.2 Å². The van der Waals surface area contributed by atoms with Crippen LogP contribution in [0.4, 0.5) is 10.1 Å². The van der Waals surface area contributed by atoms with E-state index in [0.717, 1.165) is 0 Å². The van der Waals surface area contributed by atoms with Crippen LogP contribution < -0.4 is 5.32 Å². The molecule has 82 valence electrons. The molecule has 2 N–H and O–H groups in total. The summed E-state index contributed by atoms with van der Waals surface area (Å²) in [5, 5.41) is 11.1. The SMILES string of the molecule is CC(C)(F)c1ccc(NCC(=O)O)cc1. The van der Waals surface area contributed by atoms with Gasteiger partial charge in [-0.3, -0.25) is 4.79 Å². The fourth-order valence-electron chi connectivity index (χ4n) is 1.16. The molecule has 15 heavy (non-hydrogen) atoms. The number of aliphatic carboxylic acids is 1. The van der Waals surface area contributed by atoms with Crippen molar-refractivity contribution in [3.8, 4) is 0 Å². The number of alkyl halides is 1. The summed E-state index contributed by atoms with van der Waals surface area (Å²) in [6, 6.07) is 6.62. The van der Waals surface area contributed by atoms with Crippen LogP contribution in [-0.2, 0) is 10.5 Å². The first-order chi connectivity index (χ1) is 6.89. The Labute approximate surface area is 87.9 Å². The second-order valence-corrected chi connectivity index (χ2v) is 3.80. The van der Waals surface area contributed by atoms with Gasteiger partial charge >= 0.3 is 5.97 Å². The molecule has 0 aliphatic heterocycles. The molecule has 0 heterocycles. The molecule has 1 aromatic rings. The van der Waals surface area contributed by atoms with E-state index >= 15 is 0 Å². The average molecular weight is 211 g/mol. The maximum atomic E-state index is 13.5. The Bertz CT molecular complexity index is 341. The zero-order valence-corrected chi connectivity index (χ0v) is 8.75. The summed E-state index contributed by atoms with van der Waals surface area (Å²) in [4.78, 5) is 10.3. The maximum absolute atomic E-state index is 13.5. The van der Waals surface area contributed by atoms with Gasteiger partial charge in [0.25, 0.3) is 0 Å². The van der Waals surface area contributed by atoms with E-state index in [1.165, 1.54) is 13.8 Å². The van der Waals surface area contributed by atoms with Crippen molar-refractivity contribution in [2.45, 2.75) is 19.5 Å². The molecule has 0 aliphatic rings. The van der Waals surface area contributed by atoms with E-state index in [0.29, 0.717) is 11.3 Å². The molecule has 3 nitrogen and oxygen atoms in total. The molecule has 0 amide bonds. The molecule has 4 heteroatoms. The lowest BCUT2D eigenvalue weighted by Gasteiger charge is -2.14. The molecule has 1 rings (SSSR count). The van der Waals surface area contributed by atoms with Crippen molar-refractivity contribution >= 4 is 11.7 Å². The summed E-state index contributed by atoms with van der Waals surface area (Å²) in [6.07, 6.45) is 0. The third kappa shape index (κ3) is 3.58. The third-order valence-electron chi connectivity index (χ3n) is 2.02. The number of hydrogen-bond acceptors (Lipinski definition) is 2. The molecule has 0 bridgehead atoms. The summed E-state index contributed by atoms with van der Waals surface area (Å²) in [5.74, 6) is -0.926.